The summed E-state index contributed by atoms with van der Waals surface area (Å²) in [5.74, 6) is 1.01. The van der Waals surface area contributed by atoms with Gasteiger partial charge < -0.3 is 4.42 Å². The standard InChI is InChI=1S/C21H21BrN2O2/c1-14-17-13-15(22)10-11-18(17)26-20(14)21(25)24(16-7-3-2-4-8-16)19-9-5-6-12-23-19/h5-6,9-13,16H,2-4,7-8H2,1H3. The molecule has 1 saturated carbocycles. The number of benzene rings is 1. The van der Waals surface area contributed by atoms with Crippen LogP contribution in [0.15, 0.2) is 51.5 Å². The number of hydrogen-bond donors (Lipinski definition) is 0. The van der Waals surface area contributed by atoms with Gasteiger partial charge >= 0.3 is 0 Å². The van der Waals surface area contributed by atoms with Crippen molar-refractivity contribution in [2.75, 3.05) is 4.90 Å². The predicted molar refractivity (Wildman–Crippen MR) is 107 cm³/mol. The maximum Gasteiger partial charge on any atom is 0.295 e. The molecule has 5 heteroatoms. The predicted octanol–water partition coefficient (Wildman–Crippen LogP) is 5.88. The minimum atomic E-state index is -0.0968. The van der Waals surface area contributed by atoms with E-state index in [9.17, 15) is 4.79 Å². The number of hydrogen-bond acceptors (Lipinski definition) is 3. The molecule has 2 heterocycles. The Morgan fingerprint density at radius 3 is 2.73 bits per heavy atom. The Morgan fingerprint density at radius 1 is 1.19 bits per heavy atom. The molecule has 0 spiro atoms. The molecule has 1 aliphatic rings. The van der Waals surface area contributed by atoms with E-state index in [2.05, 4.69) is 20.9 Å². The SMILES string of the molecule is Cc1c(C(=O)N(c2ccccn2)C2CCCCC2)oc2ccc(Br)cc12. The van der Waals surface area contributed by atoms with Crippen LogP contribution in [0.1, 0.15) is 48.2 Å². The fraction of sp³-hybridized carbons (Fsp3) is 0.333. The van der Waals surface area contributed by atoms with Gasteiger partial charge in [0, 0.05) is 27.7 Å². The van der Waals surface area contributed by atoms with Crippen molar-refractivity contribution in [3.8, 4) is 0 Å². The zero-order chi connectivity index (χ0) is 18.1. The van der Waals surface area contributed by atoms with E-state index in [1.165, 1.54) is 6.42 Å². The summed E-state index contributed by atoms with van der Waals surface area (Å²) in [5.41, 5.74) is 1.61. The zero-order valence-electron chi connectivity index (χ0n) is 14.7. The summed E-state index contributed by atoms with van der Waals surface area (Å²) in [4.78, 5) is 19.8. The van der Waals surface area contributed by atoms with Crippen molar-refractivity contribution in [3.05, 3.63) is 58.4 Å². The molecule has 0 atom stereocenters. The number of nitrogens with zero attached hydrogens (tertiary/aromatic N) is 2. The molecule has 4 rings (SSSR count). The van der Waals surface area contributed by atoms with Gasteiger partial charge in [0.2, 0.25) is 0 Å². The molecular weight excluding hydrogens is 392 g/mol. The number of anilines is 1. The summed E-state index contributed by atoms with van der Waals surface area (Å²) in [5, 5.41) is 0.965. The van der Waals surface area contributed by atoms with E-state index in [0.29, 0.717) is 11.6 Å². The highest BCUT2D eigenvalue weighted by Crippen LogP contribution is 2.32. The van der Waals surface area contributed by atoms with E-state index in [-0.39, 0.29) is 11.9 Å². The van der Waals surface area contributed by atoms with Crippen LogP contribution in [0.5, 0.6) is 0 Å². The average molecular weight is 413 g/mol. The van der Waals surface area contributed by atoms with Crippen LogP contribution in [-0.2, 0) is 0 Å². The highest BCUT2D eigenvalue weighted by molar-refractivity contribution is 9.10. The van der Waals surface area contributed by atoms with E-state index in [1.807, 2.05) is 48.2 Å². The molecule has 0 unspecified atom stereocenters. The van der Waals surface area contributed by atoms with Gasteiger partial charge in [0.1, 0.15) is 11.4 Å². The van der Waals surface area contributed by atoms with Gasteiger partial charge in [-0.05, 0) is 50.1 Å². The number of aryl methyl sites for hydroxylation is 1. The second-order valence-electron chi connectivity index (χ2n) is 6.85. The quantitative estimate of drug-likeness (QED) is 0.539. The summed E-state index contributed by atoms with van der Waals surface area (Å²) in [6.07, 6.45) is 7.28. The number of carbonyl (C=O) groups is 1. The van der Waals surface area contributed by atoms with Gasteiger partial charge in [-0.2, -0.15) is 0 Å². The molecule has 1 amide bonds. The normalized spacial score (nSPS) is 15.3. The lowest BCUT2D eigenvalue weighted by atomic mass is 9.93. The van der Waals surface area contributed by atoms with Gasteiger partial charge in [0.25, 0.3) is 5.91 Å². The van der Waals surface area contributed by atoms with E-state index in [0.717, 1.165) is 46.7 Å². The average Bonchev–Trinajstić information content (AvgIpc) is 3.00. The first kappa shape index (κ1) is 17.3. The first-order chi connectivity index (χ1) is 12.6. The molecule has 1 fully saturated rings. The Labute approximate surface area is 161 Å². The maximum atomic E-state index is 13.5. The minimum absolute atomic E-state index is 0.0968. The van der Waals surface area contributed by atoms with Gasteiger partial charge in [-0.1, -0.05) is 41.3 Å². The number of fused-ring (bicyclic) bond motifs is 1. The van der Waals surface area contributed by atoms with Crippen molar-refractivity contribution in [3.63, 3.8) is 0 Å². The van der Waals surface area contributed by atoms with E-state index < -0.39 is 0 Å². The molecule has 1 aromatic carbocycles. The molecule has 1 aliphatic carbocycles. The number of pyridine rings is 1. The second kappa shape index (κ2) is 7.23. The first-order valence-electron chi connectivity index (χ1n) is 9.08. The molecule has 0 bridgehead atoms. The Kier molecular flexibility index (Phi) is 4.81. The van der Waals surface area contributed by atoms with Crippen molar-refractivity contribution < 1.29 is 9.21 Å². The minimum Gasteiger partial charge on any atom is -0.451 e. The van der Waals surface area contributed by atoms with Crippen molar-refractivity contribution in [1.82, 2.24) is 4.98 Å². The molecule has 2 aromatic heterocycles. The maximum absolute atomic E-state index is 13.5. The highest BCUT2D eigenvalue weighted by Gasteiger charge is 2.31. The van der Waals surface area contributed by atoms with Gasteiger partial charge in [0.15, 0.2) is 5.76 Å². The van der Waals surface area contributed by atoms with E-state index in [4.69, 9.17) is 4.42 Å². The molecular formula is C21H21BrN2O2. The fourth-order valence-corrected chi connectivity index (χ4v) is 4.16. The Hall–Kier alpha value is -2.14. The van der Waals surface area contributed by atoms with Crippen molar-refractivity contribution in [2.24, 2.45) is 0 Å². The number of rotatable bonds is 3. The number of furan rings is 1. The largest absolute Gasteiger partial charge is 0.451 e. The van der Waals surface area contributed by atoms with Gasteiger partial charge in [-0.25, -0.2) is 4.98 Å². The molecule has 0 saturated heterocycles. The third kappa shape index (κ3) is 3.16. The summed E-state index contributed by atoms with van der Waals surface area (Å²) in [7, 11) is 0. The topological polar surface area (TPSA) is 46.3 Å². The van der Waals surface area contributed by atoms with Crippen molar-refractivity contribution in [1.29, 1.82) is 0 Å². The fourth-order valence-electron chi connectivity index (χ4n) is 3.80. The Bertz CT molecular complexity index is 930. The Morgan fingerprint density at radius 2 is 2.00 bits per heavy atom. The van der Waals surface area contributed by atoms with Gasteiger partial charge in [0.05, 0.1) is 0 Å². The van der Waals surface area contributed by atoms with Crippen LogP contribution in [0.2, 0.25) is 0 Å². The van der Waals surface area contributed by atoms with Gasteiger partial charge in [-0.15, -0.1) is 0 Å². The first-order valence-corrected chi connectivity index (χ1v) is 9.87. The van der Waals surface area contributed by atoms with Crippen LogP contribution < -0.4 is 4.90 Å². The number of amides is 1. The highest BCUT2D eigenvalue weighted by atomic mass is 79.9. The lowest BCUT2D eigenvalue weighted by Gasteiger charge is -2.33. The molecule has 0 radical (unpaired) electrons. The second-order valence-corrected chi connectivity index (χ2v) is 7.77. The lowest BCUT2D eigenvalue weighted by Crippen LogP contribution is -2.42. The van der Waals surface area contributed by atoms with E-state index >= 15 is 0 Å². The van der Waals surface area contributed by atoms with Gasteiger partial charge in [-0.3, -0.25) is 9.69 Å². The van der Waals surface area contributed by atoms with Crippen LogP contribution >= 0.6 is 15.9 Å². The number of aromatic nitrogens is 1. The summed E-state index contributed by atoms with van der Waals surface area (Å²) in [6, 6.07) is 11.7. The summed E-state index contributed by atoms with van der Waals surface area (Å²) < 4.78 is 6.94. The smallest absolute Gasteiger partial charge is 0.295 e. The zero-order valence-corrected chi connectivity index (χ0v) is 16.3. The molecule has 134 valence electrons. The molecule has 3 aromatic rings. The summed E-state index contributed by atoms with van der Waals surface area (Å²) >= 11 is 3.49. The summed E-state index contributed by atoms with van der Waals surface area (Å²) in [6.45, 7) is 1.95. The Balaban J connectivity index is 1.78. The van der Waals surface area contributed by atoms with Crippen LogP contribution in [-0.4, -0.2) is 16.9 Å². The molecule has 26 heavy (non-hydrogen) atoms. The molecule has 4 nitrogen and oxygen atoms in total. The van der Waals surface area contributed by atoms with E-state index in [1.54, 1.807) is 6.20 Å². The number of carbonyl (C=O) groups excluding carboxylic acids is 1. The van der Waals surface area contributed by atoms with Crippen LogP contribution in [0.25, 0.3) is 11.0 Å². The van der Waals surface area contributed by atoms with Crippen molar-refractivity contribution in [2.45, 2.75) is 45.1 Å². The molecule has 0 N–H and O–H groups in total. The van der Waals surface area contributed by atoms with Crippen molar-refractivity contribution >= 4 is 38.6 Å². The van der Waals surface area contributed by atoms with Crippen LogP contribution in [0, 0.1) is 6.92 Å². The lowest BCUT2D eigenvalue weighted by molar-refractivity contribution is 0.0944. The van der Waals surface area contributed by atoms with Crippen LogP contribution in [0.4, 0.5) is 5.82 Å². The third-order valence-electron chi connectivity index (χ3n) is 5.15. The number of halogens is 1. The monoisotopic (exact) mass is 412 g/mol. The third-order valence-corrected chi connectivity index (χ3v) is 5.64. The van der Waals surface area contributed by atoms with Crippen LogP contribution in [0.3, 0.4) is 0 Å². The molecule has 0 aliphatic heterocycles.